The van der Waals surface area contributed by atoms with E-state index >= 15 is 0 Å². The third-order valence-electron chi connectivity index (χ3n) is 4.89. The molecule has 168 valence electrons. The lowest BCUT2D eigenvalue weighted by Crippen LogP contribution is -2.48. The lowest BCUT2D eigenvalue weighted by Gasteiger charge is -2.29. The number of carbonyl (C=O) groups is 2. The molecule has 2 aromatic carbocycles. The van der Waals surface area contributed by atoms with Crippen LogP contribution in [0.2, 0.25) is 0 Å². The molecular weight excluding hydrogens is 476 g/mol. The Kier molecular flexibility index (Phi) is 10.9. The zero-order valence-corrected chi connectivity index (χ0v) is 20.8. The van der Waals surface area contributed by atoms with E-state index in [2.05, 4.69) is 28.2 Å². The van der Waals surface area contributed by atoms with Crippen molar-refractivity contribution in [1.29, 1.82) is 0 Å². The van der Waals surface area contributed by atoms with Gasteiger partial charge in [0.2, 0.25) is 11.8 Å². The molecule has 0 aliphatic carbocycles. The fraction of sp³-hybridized carbons (Fsp3) is 0.417. The molecule has 0 heterocycles. The van der Waals surface area contributed by atoms with Crippen LogP contribution in [0.3, 0.4) is 0 Å². The number of nitrogens with zero attached hydrogens (tertiary/aromatic N) is 1. The topological polar surface area (TPSA) is 58.6 Å². The van der Waals surface area contributed by atoms with Crippen LogP contribution in [0, 0.1) is 0 Å². The number of benzene rings is 2. The number of methoxy groups -OCH3 is 1. The fourth-order valence-electron chi connectivity index (χ4n) is 3.01. The minimum Gasteiger partial charge on any atom is -0.497 e. The monoisotopic (exact) mass is 506 g/mol. The van der Waals surface area contributed by atoms with Crippen molar-refractivity contribution in [1.82, 2.24) is 10.2 Å². The predicted molar refractivity (Wildman–Crippen MR) is 131 cm³/mol. The SMILES string of the molecule is CCCCNC(=O)[C@H](C)N(Cc1cccc(OC)c1)C(=O)CSCc1ccc(Br)cc1. The first-order valence-electron chi connectivity index (χ1n) is 10.5. The van der Waals surface area contributed by atoms with E-state index in [0.717, 1.165) is 39.9 Å². The van der Waals surface area contributed by atoms with Gasteiger partial charge in [0.05, 0.1) is 12.9 Å². The molecule has 7 heteroatoms. The van der Waals surface area contributed by atoms with Crippen LogP contribution in [-0.4, -0.2) is 42.2 Å². The van der Waals surface area contributed by atoms with Gasteiger partial charge in [0, 0.05) is 23.3 Å². The Morgan fingerprint density at radius 1 is 1.16 bits per heavy atom. The van der Waals surface area contributed by atoms with Gasteiger partial charge in [0.25, 0.3) is 0 Å². The Labute approximate surface area is 198 Å². The Morgan fingerprint density at radius 3 is 2.58 bits per heavy atom. The first-order valence-corrected chi connectivity index (χ1v) is 12.4. The molecule has 0 saturated heterocycles. The minimum atomic E-state index is -0.552. The highest BCUT2D eigenvalue weighted by molar-refractivity contribution is 9.10. The van der Waals surface area contributed by atoms with Gasteiger partial charge in [-0.1, -0.05) is 53.5 Å². The quantitative estimate of drug-likeness (QED) is 0.410. The number of rotatable bonds is 12. The van der Waals surface area contributed by atoms with Gasteiger partial charge >= 0.3 is 0 Å². The van der Waals surface area contributed by atoms with Crippen LogP contribution in [-0.2, 0) is 21.9 Å². The van der Waals surface area contributed by atoms with Gasteiger partial charge in [0.15, 0.2) is 0 Å². The van der Waals surface area contributed by atoms with Crippen LogP contribution >= 0.6 is 27.7 Å². The molecule has 0 radical (unpaired) electrons. The van der Waals surface area contributed by atoms with Crippen LogP contribution in [0.15, 0.2) is 53.0 Å². The Bertz CT molecular complexity index is 845. The number of amides is 2. The Balaban J connectivity index is 2.06. The summed E-state index contributed by atoms with van der Waals surface area (Å²) in [5.41, 5.74) is 2.09. The highest BCUT2D eigenvalue weighted by Crippen LogP contribution is 2.19. The van der Waals surface area contributed by atoms with Gasteiger partial charge in [-0.3, -0.25) is 9.59 Å². The van der Waals surface area contributed by atoms with E-state index in [-0.39, 0.29) is 11.8 Å². The van der Waals surface area contributed by atoms with Gasteiger partial charge in [0.1, 0.15) is 11.8 Å². The third kappa shape index (κ3) is 8.57. The Hall–Kier alpha value is -1.99. The summed E-state index contributed by atoms with van der Waals surface area (Å²) in [5, 5.41) is 2.95. The zero-order valence-electron chi connectivity index (χ0n) is 18.4. The summed E-state index contributed by atoms with van der Waals surface area (Å²) in [5.74, 6) is 1.61. The lowest BCUT2D eigenvalue weighted by molar-refractivity contribution is -0.138. The molecule has 0 spiro atoms. The summed E-state index contributed by atoms with van der Waals surface area (Å²) in [6.07, 6.45) is 1.93. The van der Waals surface area contributed by atoms with E-state index in [1.54, 1.807) is 30.7 Å². The fourth-order valence-corrected chi connectivity index (χ4v) is 4.14. The number of halogens is 1. The molecule has 0 bridgehead atoms. The normalized spacial score (nSPS) is 11.6. The average molecular weight is 507 g/mol. The standard InChI is InChI=1S/C24H31BrN2O3S/c1-4-5-13-26-24(29)18(2)27(15-20-7-6-8-22(14-20)30-3)23(28)17-31-16-19-9-11-21(25)12-10-19/h6-12,14,18H,4-5,13,15-17H2,1-3H3,(H,26,29)/t18-/m0/s1. The molecule has 0 aliphatic heterocycles. The zero-order chi connectivity index (χ0) is 22.6. The minimum absolute atomic E-state index is 0.0527. The van der Waals surface area contributed by atoms with Gasteiger partial charge in [-0.05, 0) is 48.7 Å². The smallest absolute Gasteiger partial charge is 0.242 e. The Morgan fingerprint density at radius 2 is 1.90 bits per heavy atom. The van der Waals surface area contributed by atoms with E-state index < -0.39 is 6.04 Å². The number of carbonyl (C=O) groups excluding carboxylic acids is 2. The molecule has 1 atom stereocenters. The average Bonchev–Trinajstić information content (AvgIpc) is 2.78. The van der Waals surface area contributed by atoms with Gasteiger partial charge in [-0.25, -0.2) is 0 Å². The van der Waals surface area contributed by atoms with E-state index in [1.807, 2.05) is 48.5 Å². The van der Waals surface area contributed by atoms with E-state index in [1.165, 1.54) is 0 Å². The van der Waals surface area contributed by atoms with Crippen molar-refractivity contribution >= 4 is 39.5 Å². The summed E-state index contributed by atoms with van der Waals surface area (Å²) in [7, 11) is 1.62. The van der Waals surface area contributed by atoms with Gasteiger partial charge < -0.3 is 15.0 Å². The number of nitrogens with one attached hydrogen (secondary N) is 1. The lowest BCUT2D eigenvalue weighted by atomic mass is 10.1. The van der Waals surface area contributed by atoms with Crippen molar-refractivity contribution in [2.24, 2.45) is 0 Å². The first-order chi connectivity index (χ1) is 14.9. The summed E-state index contributed by atoms with van der Waals surface area (Å²) in [6.45, 7) is 4.85. The molecule has 0 unspecified atom stereocenters. The second kappa shape index (κ2) is 13.4. The molecular formula is C24H31BrN2O3S. The van der Waals surface area contributed by atoms with Gasteiger partial charge in [-0.15, -0.1) is 11.8 Å². The van der Waals surface area contributed by atoms with E-state index in [0.29, 0.717) is 18.8 Å². The molecule has 5 nitrogen and oxygen atoms in total. The molecule has 0 saturated carbocycles. The molecule has 2 amide bonds. The maximum absolute atomic E-state index is 13.1. The summed E-state index contributed by atoms with van der Waals surface area (Å²) >= 11 is 4.99. The van der Waals surface area contributed by atoms with Crippen molar-refractivity contribution in [3.05, 3.63) is 64.1 Å². The third-order valence-corrected chi connectivity index (χ3v) is 6.41. The van der Waals surface area contributed by atoms with Crippen molar-refractivity contribution in [2.45, 2.75) is 45.0 Å². The summed E-state index contributed by atoms with van der Waals surface area (Å²) in [6, 6.07) is 15.1. The van der Waals surface area contributed by atoms with E-state index in [4.69, 9.17) is 4.74 Å². The predicted octanol–water partition coefficient (Wildman–Crippen LogP) is 5.02. The summed E-state index contributed by atoms with van der Waals surface area (Å²) in [4.78, 5) is 27.4. The van der Waals surface area contributed by atoms with E-state index in [9.17, 15) is 9.59 Å². The maximum Gasteiger partial charge on any atom is 0.242 e. The number of ether oxygens (including phenoxy) is 1. The van der Waals surface area contributed by atoms with Crippen molar-refractivity contribution in [2.75, 3.05) is 19.4 Å². The van der Waals surface area contributed by atoms with Crippen LogP contribution in [0.1, 0.15) is 37.8 Å². The number of hydrogen-bond donors (Lipinski definition) is 1. The molecule has 0 fully saturated rings. The molecule has 31 heavy (non-hydrogen) atoms. The second-order valence-corrected chi connectivity index (χ2v) is 9.21. The number of thioether (sulfide) groups is 1. The van der Waals surface area contributed by atoms with Crippen LogP contribution in [0.5, 0.6) is 5.75 Å². The molecule has 2 rings (SSSR count). The first kappa shape index (κ1) is 25.3. The molecule has 0 aliphatic rings. The van der Waals surface area contributed by atoms with Crippen molar-refractivity contribution in [3.63, 3.8) is 0 Å². The highest BCUT2D eigenvalue weighted by Gasteiger charge is 2.26. The molecule has 1 N–H and O–H groups in total. The van der Waals surface area contributed by atoms with Crippen molar-refractivity contribution in [3.8, 4) is 5.75 Å². The van der Waals surface area contributed by atoms with Crippen LogP contribution in [0.4, 0.5) is 0 Å². The maximum atomic E-state index is 13.1. The second-order valence-electron chi connectivity index (χ2n) is 7.31. The number of hydrogen-bond acceptors (Lipinski definition) is 4. The van der Waals surface area contributed by atoms with Crippen molar-refractivity contribution < 1.29 is 14.3 Å². The summed E-state index contributed by atoms with van der Waals surface area (Å²) < 4.78 is 6.33. The largest absolute Gasteiger partial charge is 0.497 e. The number of unbranched alkanes of at least 4 members (excludes halogenated alkanes) is 1. The van der Waals surface area contributed by atoms with Crippen LogP contribution in [0.25, 0.3) is 0 Å². The molecule has 2 aromatic rings. The van der Waals surface area contributed by atoms with Crippen LogP contribution < -0.4 is 10.1 Å². The van der Waals surface area contributed by atoms with Gasteiger partial charge in [-0.2, -0.15) is 0 Å². The highest BCUT2D eigenvalue weighted by atomic mass is 79.9. The molecule has 0 aromatic heterocycles.